The molecule has 0 aliphatic rings. The monoisotopic (exact) mass is 363 g/mol. The van der Waals surface area contributed by atoms with E-state index in [4.69, 9.17) is 18.4 Å². The van der Waals surface area contributed by atoms with Crippen LogP contribution in [0.25, 0.3) is 11.0 Å². The van der Waals surface area contributed by atoms with E-state index in [1.54, 1.807) is 43.3 Å². The normalized spacial score (nSPS) is 10.9. The first-order valence-corrected chi connectivity index (χ1v) is 8.45. The van der Waals surface area contributed by atoms with Gasteiger partial charge in [0.25, 0.3) is 0 Å². The fraction of sp³-hybridized carbons (Fsp3) is 0.143. The number of hydrogen-bond donors (Lipinski definition) is 0. The molecule has 0 saturated heterocycles. The van der Waals surface area contributed by atoms with Gasteiger partial charge in [-0.25, -0.2) is 0 Å². The van der Waals surface area contributed by atoms with Crippen molar-refractivity contribution in [3.05, 3.63) is 82.0 Å². The summed E-state index contributed by atoms with van der Waals surface area (Å²) in [6.07, 6.45) is 0. The predicted octanol–water partition coefficient (Wildman–Crippen LogP) is 4.77. The Balaban J connectivity index is 1.63. The van der Waals surface area contributed by atoms with E-state index in [2.05, 4.69) is 5.16 Å². The van der Waals surface area contributed by atoms with Crippen molar-refractivity contribution in [2.45, 2.75) is 20.5 Å². The first-order valence-electron chi connectivity index (χ1n) is 8.45. The summed E-state index contributed by atoms with van der Waals surface area (Å²) in [4.78, 5) is 12.8. The van der Waals surface area contributed by atoms with Gasteiger partial charge in [0.1, 0.15) is 29.4 Å². The Labute approximate surface area is 154 Å². The Morgan fingerprint density at radius 1 is 1.00 bits per heavy atom. The zero-order valence-electron chi connectivity index (χ0n) is 14.9. The topological polar surface area (TPSA) is 74.7 Å². The molecule has 2 aromatic carbocycles. The van der Waals surface area contributed by atoms with Crippen LogP contribution >= 0.6 is 0 Å². The second-order valence-corrected chi connectivity index (χ2v) is 6.11. The first-order chi connectivity index (χ1) is 13.1. The standard InChI is InChI=1S/C21H17NO5/c1-13-10-17(27-22-13)12-24-16-8-9-18-19(11-16)25-14(2)21(20(18)23)26-15-6-4-3-5-7-15/h3-11H,12H2,1-2H3. The Morgan fingerprint density at radius 2 is 1.81 bits per heavy atom. The molecule has 0 saturated carbocycles. The molecule has 6 nitrogen and oxygen atoms in total. The SMILES string of the molecule is Cc1cc(COc2ccc3c(=O)c(Oc4ccccc4)c(C)oc3c2)on1. The van der Waals surface area contributed by atoms with Crippen LogP contribution < -0.4 is 14.9 Å². The second kappa shape index (κ2) is 6.99. The number of fused-ring (bicyclic) bond motifs is 1. The molecular formula is C21H17NO5. The van der Waals surface area contributed by atoms with E-state index >= 15 is 0 Å². The smallest absolute Gasteiger partial charge is 0.235 e. The first kappa shape index (κ1) is 16.9. The van der Waals surface area contributed by atoms with E-state index < -0.39 is 0 Å². The number of aryl methyl sites for hydroxylation is 2. The Kier molecular flexibility index (Phi) is 4.38. The van der Waals surface area contributed by atoms with Crippen molar-refractivity contribution < 1.29 is 18.4 Å². The number of nitrogens with zero attached hydrogens (tertiary/aromatic N) is 1. The van der Waals surface area contributed by atoms with Crippen LogP contribution in [0.1, 0.15) is 17.2 Å². The van der Waals surface area contributed by atoms with Crippen molar-refractivity contribution in [2.24, 2.45) is 0 Å². The molecule has 0 aliphatic heterocycles. The lowest BCUT2D eigenvalue weighted by molar-refractivity contribution is 0.249. The predicted molar refractivity (Wildman–Crippen MR) is 99.3 cm³/mol. The molecule has 4 aromatic rings. The van der Waals surface area contributed by atoms with Gasteiger partial charge in [-0.05, 0) is 38.1 Å². The molecule has 0 unspecified atom stereocenters. The molecule has 0 aliphatic carbocycles. The molecule has 2 heterocycles. The minimum absolute atomic E-state index is 0.180. The van der Waals surface area contributed by atoms with Crippen LogP contribution in [0.2, 0.25) is 0 Å². The number of hydrogen-bond acceptors (Lipinski definition) is 6. The summed E-state index contributed by atoms with van der Waals surface area (Å²) in [7, 11) is 0. The number of benzene rings is 2. The van der Waals surface area contributed by atoms with Crippen LogP contribution in [0.15, 0.2) is 68.3 Å². The van der Waals surface area contributed by atoms with Gasteiger partial charge in [-0.2, -0.15) is 0 Å². The van der Waals surface area contributed by atoms with Gasteiger partial charge in [0, 0.05) is 12.1 Å². The summed E-state index contributed by atoms with van der Waals surface area (Å²) >= 11 is 0. The maximum Gasteiger partial charge on any atom is 0.235 e. The van der Waals surface area contributed by atoms with Gasteiger partial charge in [0.2, 0.25) is 11.2 Å². The van der Waals surface area contributed by atoms with Gasteiger partial charge in [0.05, 0.1) is 11.1 Å². The molecular weight excluding hydrogens is 346 g/mol. The lowest BCUT2D eigenvalue weighted by atomic mass is 10.2. The fourth-order valence-electron chi connectivity index (χ4n) is 2.72. The minimum atomic E-state index is -0.227. The highest BCUT2D eigenvalue weighted by Gasteiger charge is 2.14. The van der Waals surface area contributed by atoms with Crippen LogP contribution in [-0.2, 0) is 6.61 Å². The zero-order chi connectivity index (χ0) is 18.8. The Hall–Kier alpha value is -3.54. The average Bonchev–Trinajstić information content (AvgIpc) is 3.09. The third kappa shape index (κ3) is 3.55. The van der Waals surface area contributed by atoms with E-state index in [1.807, 2.05) is 25.1 Å². The highest BCUT2D eigenvalue weighted by molar-refractivity contribution is 5.79. The maximum atomic E-state index is 12.8. The fourth-order valence-corrected chi connectivity index (χ4v) is 2.72. The third-order valence-electron chi connectivity index (χ3n) is 4.01. The van der Waals surface area contributed by atoms with Crippen LogP contribution in [0, 0.1) is 13.8 Å². The second-order valence-electron chi connectivity index (χ2n) is 6.11. The lowest BCUT2D eigenvalue weighted by Crippen LogP contribution is -2.07. The summed E-state index contributed by atoms with van der Waals surface area (Å²) in [6.45, 7) is 3.78. The highest BCUT2D eigenvalue weighted by atomic mass is 16.5. The van der Waals surface area contributed by atoms with E-state index in [0.717, 1.165) is 5.69 Å². The molecule has 0 spiro atoms. The summed E-state index contributed by atoms with van der Waals surface area (Å²) in [6, 6.07) is 16.0. The van der Waals surface area contributed by atoms with Gasteiger partial charge in [-0.1, -0.05) is 23.4 Å². The number of rotatable bonds is 5. The third-order valence-corrected chi connectivity index (χ3v) is 4.01. The van der Waals surface area contributed by atoms with Gasteiger partial charge in [0.15, 0.2) is 5.76 Å². The molecule has 0 radical (unpaired) electrons. The molecule has 6 heteroatoms. The molecule has 0 atom stereocenters. The van der Waals surface area contributed by atoms with Gasteiger partial charge in [-0.15, -0.1) is 0 Å². The van der Waals surface area contributed by atoms with Crippen LogP contribution in [-0.4, -0.2) is 5.16 Å². The summed E-state index contributed by atoms with van der Waals surface area (Å²) in [5.41, 5.74) is 0.999. The van der Waals surface area contributed by atoms with E-state index in [0.29, 0.717) is 34.0 Å². The van der Waals surface area contributed by atoms with Crippen molar-refractivity contribution in [1.82, 2.24) is 5.16 Å². The number of aromatic nitrogens is 1. The van der Waals surface area contributed by atoms with Crippen molar-refractivity contribution in [2.75, 3.05) is 0 Å². The van der Waals surface area contributed by atoms with Crippen molar-refractivity contribution in [3.8, 4) is 17.2 Å². The van der Waals surface area contributed by atoms with Crippen LogP contribution in [0.3, 0.4) is 0 Å². The molecule has 0 fully saturated rings. The average molecular weight is 363 g/mol. The molecule has 2 aromatic heterocycles. The summed E-state index contributed by atoms with van der Waals surface area (Å²) < 4.78 is 22.3. The van der Waals surface area contributed by atoms with Gasteiger partial charge >= 0.3 is 0 Å². The van der Waals surface area contributed by atoms with Gasteiger partial charge in [-0.3, -0.25) is 4.79 Å². The molecule has 136 valence electrons. The molecule has 0 bridgehead atoms. The largest absolute Gasteiger partial charge is 0.485 e. The molecule has 0 N–H and O–H groups in total. The highest BCUT2D eigenvalue weighted by Crippen LogP contribution is 2.27. The molecule has 27 heavy (non-hydrogen) atoms. The Morgan fingerprint density at radius 3 is 2.56 bits per heavy atom. The number of para-hydroxylation sites is 1. The minimum Gasteiger partial charge on any atom is -0.485 e. The summed E-state index contributed by atoms with van der Waals surface area (Å²) in [5.74, 6) is 2.35. The van der Waals surface area contributed by atoms with Crippen molar-refractivity contribution in [3.63, 3.8) is 0 Å². The van der Waals surface area contributed by atoms with Crippen LogP contribution in [0.4, 0.5) is 0 Å². The lowest BCUT2D eigenvalue weighted by Gasteiger charge is -2.10. The molecule has 0 amide bonds. The van der Waals surface area contributed by atoms with E-state index in [1.165, 1.54) is 0 Å². The summed E-state index contributed by atoms with van der Waals surface area (Å²) in [5, 5.41) is 4.24. The quantitative estimate of drug-likeness (QED) is 0.508. The van der Waals surface area contributed by atoms with E-state index in [-0.39, 0.29) is 17.8 Å². The van der Waals surface area contributed by atoms with Crippen molar-refractivity contribution >= 4 is 11.0 Å². The molecule has 4 rings (SSSR count). The van der Waals surface area contributed by atoms with E-state index in [9.17, 15) is 4.79 Å². The zero-order valence-corrected chi connectivity index (χ0v) is 14.9. The van der Waals surface area contributed by atoms with Gasteiger partial charge < -0.3 is 18.4 Å². The number of ether oxygens (including phenoxy) is 2. The van der Waals surface area contributed by atoms with Crippen molar-refractivity contribution in [1.29, 1.82) is 0 Å². The van der Waals surface area contributed by atoms with Crippen LogP contribution in [0.5, 0.6) is 17.2 Å². The maximum absolute atomic E-state index is 12.8. The Bertz CT molecular complexity index is 1140.